The van der Waals surface area contributed by atoms with Crippen LogP contribution >= 0.6 is 23.2 Å². The third kappa shape index (κ3) is 6.03. The highest BCUT2D eigenvalue weighted by atomic mass is 35.5. The summed E-state index contributed by atoms with van der Waals surface area (Å²) < 4.78 is 5.87. The molecule has 0 heterocycles. The van der Waals surface area contributed by atoms with Gasteiger partial charge < -0.3 is 10.1 Å². The van der Waals surface area contributed by atoms with Gasteiger partial charge in [-0.15, -0.1) is 0 Å². The first kappa shape index (κ1) is 16.6. The van der Waals surface area contributed by atoms with Crippen molar-refractivity contribution in [1.29, 1.82) is 0 Å². The second-order valence-electron chi connectivity index (χ2n) is 5.82. The quantitative estimate of drug-likeness (QED) is 0.805. The lowest BCUT2D eigenvalue weighted by molar-refractivity contribution is 0.241. The van der Waals surface area contributed by atoms with Crippen molar-refractivity contribution < 1.29 is 4.74 Å². The maximum absolute atomic E-state index is 6.23. The predicted molar refractivity (Wildman–Crippen MR) is 83.4 cm³/mol. The zero-order valence-electron chi connectivity index (χ0n) is 12.1. The largest absolute Gasteiger partial charge is 0.492 e. The van der Waals surface area contributed by atoms with Crippen molar-refractivity contribution in [2.75, 3.05) is 13.2 Å². The molecule has 1 rings (SSSR count). The molecule has 0 radical (unpaired) electrons. The first-order valence-corrected chi connectivity index (χ1v) is 7.40. The van der Waals surface area contributed by atoms with Crippen LogP contribution in [0.2, 0.25) is 10.0 Å². The molecule has 0 amide bonds. The predicted octanol–water partition coefficient (Wildman–Crippen LogP) is 4.92. The normalized spacial score (nSPS) is 11.7. The van der Waals surface area contributed by atoms with Gasteiger partial charge in [-0.1, -0.05) is 50.9 Å². The van der Waals surface area contributed by atoms with Gasteiger partial charge in [0.15, 0.2) is 0 Å². The maximum atomic E-state index is 6.23. The third-order valence-electron chi connectivity index (χ3n) is 2.75. The van der Waals surface area contributed by atoms with Crippen molar-refractivity contribution in [3.8, 4) is 5.75 Å². The van der Waals surface area contributed by atoms with Gasteiger partial charge >= 0.3 is 0 Å². The highest BCUT2D eigenvalue weighted by molar-refractivity contribution is 6.35. The van der Waals surface area contributed by atoms with Gasteiger partial charge in [-0.05, 0) is 30.5 Å². The summed E-state index contributed by atoms with van der Waals surface area (Å²) in [5, 5.41) is 4.49. The monoisotopic (exact) mass is 303 g/mol. The molecular formula is C15H23Cl2NO. The molecule has 1 aromatic rings. The summed E-state index contributed by atoms with van der Waals surface area (Å²) in [6, 6.07) is 3.63. The number of hydrogen-bond donors (Lipinski definition) is 1. The van der Waals surface area contributed by atoms with Crippen molar-refractivity contribution in [2.24, 2.45) is 5.41 Å². The van der Waals surface area contributed by atoms with E-state index in [2.05, 4.69) is 33.0 Å². The van der Waals surface area contributed by atoms with Crippen LogP contribution in [-0.2, 0) is 6.54 Å². The molecule has 0 aliphatic rings. The smallest absolute Gasteiger partial charge is 0.142 e. The molecular weight excluding hydrogens is 281 g/mol. The minimum Gasteiger partial charge on any atom is -0.492 e. The maximum Gasteiger partial charge on any atom is 0.142 e. The van der Waals surface area contributed by atoms with E-state index in [0.29, 0.717) is 23.2 Å². The second-order valence-corrected chi connectivity index (χ2v) is 6.66. The number of halogens is 2. The van der Waals surface area contributed by atoms with Gasteiger partial charge in [0.1, 0.15) is 5.75 Å². The molecule has 0 fully saturated rings. The molecule has 0 bridgehead atoms. The Labute approximate surface area is 126 Å². The summed E-state index contributed by atoms with van der Waals surface area (Å²) in [5.41, 5.74) is 1.26. The van der Waals surface area contributed by atoms with Crippen LogP contribution in [0.1, 0.15) is 39.7 Å². The van der Waals surface area contributed by atoms with Gasteiger partial charge in [-0.3, -0.25) is 0 Å². The molecule has 0 aromatic heterocycles. The fourth-order valence-corrected chi connectivity index (χ4v) is 2.22. The van der Waals surface area contributed by atoms with Crippen LogP contribution in [-0.4, -0.2) is 13.2 Å². The molecule has 0 atom stereocenters. The fraction of sp³-hybridized carbons (Fsp3) is 0.600. The molecule has 1 aromatic carbocycles. The standard InChI is InChI=1S/C15H23Cl2NO/c1-5-18-10-11-8-12(16)9-13(17)14(11)19-7-6-15(2,3)4/h8-9,18H,5-7,10H2,1-4H3. The van der Waals surface area contributed by atoms with Gasteiger partial charge in [0.05, 0.1) is 11.6 Å². The Hall–Kier alpha value is -0.440. The Morgan fingerprint density at radius 3 is 2.47 bits per heavy atom. The first-order chi connectivity index (χ1) is 8.83. The molecule has 0 unspecified atom stereocenters. The van der Waals surface area contributed by atoms with Crippen LogP contribution in [0.4, 0.5) is 0 Å². The van der Waals surface area contributed by atoms with Crippen molar-refractivity contribution in [3.05, 3.63) is 27.7 Å². The van der Waals surface area contributed by atoms with E-state index < -0.39 is 0 Å². The van der Waals surface area contributed by atoms with E-state index in [1.54, 1.807) is 6.07 Å². The van der Waals surface area contributed by atoms with Crippen molar-refractivity contribution in [3.63, 3.8) is 0 Å². The third-order valence-corrected chi connectivity index (χ3v) is 3.25. The number of hydrogen-bond acceptors (Lipinski definition) is 2. The Morgan fingerprint density at radius 1 is 1.21 bits per heavy atom. The molecule has 0 aliphatic heterocycles. The van der Waals surface area contributed by atoms with E-state index >= 15 is 0 Å². The van der Waals surface area contributed by atoms with Crippen LogP contribution < -0.4 is 10.1 Å². The summed E-state index contributed by atoms with van der Waals surface area (Å²) in [4.78, 5) is 0. The minimum absolute atomic E-state index is 0.251. The van der Waals surface area contributed by atoms with Gasteiger partial charge in [0.2, 0.25) is 0 Å². The first-order valence-electron chi connectivity index (χ1n) is 6.65. The minimum atomic E-state index is 0.251. The molecule has 108 valence electrons. The van der Waals surface area contributed by atoms with Gasteiger partial charge in [-0.2, -0.15) is 0 Å². The van der Waals surface area contributed by atoms with Crippen LogP contribution in [0.5, 0.6) is 5.75 Å². The Kier molecular flexibility index (Phi) is 6.45. The lowest BCUT2D eigenvalue weighted by Crippen LogP contribution is -2.15. The number of nitrogens with one attached hydrogen (secondary N) is 1. The van der Waals surface area contributed by atoms with E-state index in [1.807, 2.05) is 6.07 Å². The fourth-order valence-electron chi connectivity index (χ4n) is 1.63. The molecule has 19 heavy (non-hydrogen) atoms. The SMILES string of the molecule is CCNCc1cc(Cl)cc(Cl)c1OCCC(C)(C)C. The summed E-state index contributed by atoms with van der Waals surface area (Å²) in [6.45, 7) is 10.9. The number of benzene rings is 1. The second kappa shape index (κ2) is 7.37. The highest BCUT2D eigenvalue weighted by Crippen LogP contribution is 2.33. The number of rotatable bonds is 6. The Bertz CT molecular complexity index is 413. The topological polar surface area (TPSA) is 21.3 Å². The lowest BCUT2D eigenvalue weighted by atomic mass is 9.93. The highest BCUT2D eigenvalue weighted by Gasteiger charge is 2.14. The average Bonchev–Trinajstić information content (AvgIpc) is 2.27. The molecule has 1 N–H and O–H groups in total. The van der Waals surface area contributed by atoms with Crippen LogP contribution in [0.25, 0.3) is 0 Å². The molecule has 0 aliphatic carbocycles. The summed E-state index contributed by atoms with van der Waals surface area (Å²) in [5.74, 6) is 0.747. The molecule has 0 spiro atoms. The molecule has 2 nitrogen and oxygen atoms in total. The van der Waals surface area contributed by atoms with Crippen LogP contribution in [0.15, 0.2) is 12.1 Å². The molecule has 4 heteroatoms. The van der Waals surface area contributed by atoms with Crippen molar-refractivity contribution >= 4 is 23.2 Å². The van der Waals surface area contributed by atoms with E-state index in [0.717, 1.165) is 24.3 Å². The van der Waals surface area contributed by atoms with E-state index in [9.17, 15) is 0 Å². The van der Waals surface area contributed by atoms with Gasteiger partial charge in [0.25, 0.3) is 0 Å². The van der Waals surface area contributed by atoms with E-state index in [4.69, 9.17) is 27.9 Å². The average molecular weight is 304 g/mol. The van der Waals surface area contributed by atoms with Gasteiger partial charge in [-0.25, -0.2) is 0 Å². The lowest BCUT2D eigenvalue weighted by Gasteiger charge is -2.20. The Balaban J connectivity index is 2.79. The molecule has 0 saturated carbocycles. The zero-order chi connectivity index (χ0) is 14.5. The van der Waals surface area contributed by atoms with Crippen LogP contribution in [0, 0.1) is 5.41 Å². The van der Waals surface area contributed by atoms with Crippen LogP contribution in [0.3, 0.4) is 0 Å². The van der Waals surface area contributed by atoms with Crippen molar-refractivity contribution in [2.45, 2.75) is 40.7 Å². The number of ether oxygens (including phenoxy) is 1. The Morgan fingerprint density at radius 2 is 1.89 bits per heavy atom. The zero-order valence-corrected chi connectivity index (χ0v) is 13.7. The molecule has 0 saturated heterocycles. The summed E-state index contributed by atoms with van der Waals surface area (Å²) in [6.07, 6.45) is 0.979. The van der Waals surface area contributed by atoms with Gasteiger partial charge in [0, 0.05) is 17.1 Å². The van der Waals surface area contributed by atoms with Crippen molar-refractivity contribution in [1.82, 2.24) is 5.32 Å². The summed E-state index contributed by atoms with van der Waals surface area (Å²) >= 11 is 12.3. The van der Waals surface area contributed by atoms with E-state index in [-0.39, 0.29) is 5.41 Å². The summed E-state index contributed by atoms with van der Waals surface area (Å²) in [7, 11) is 0. The van der Waals surface area contributed by atoms with E-state index in [1.165, 1.54) is 0 Å².